The van der Waals surface area contributed by atoms with Crippen LogP contribution < -0.4 is 0 Å². The molecule has 2 amide bonds. The summed E-state index contributed by atoms with van der Waals surface area (Å²) in [4.78, 5) is 45.9. The molecule has 10 nitrogen and oxygen atoms in total. The normalized spacial score (nSPS) is 20.7. The first-order valence-electron chi connectivity index (χ1n) is 18.5. The van der Waals surface area contributed by atoms with Crippen LogP contribution in [0, 0.1) is 11.8 Å². The molecular weight excluding hydrogens is 688 g/mol. The average molecular weight is 737 g/mol. The lowest BCUT2D eigenvalue weighted by Gasteiger charge is -2.27. The molecule has 4 unspecified atom stereocenters. The second-order valence-corrected chi connectivity index (χ2v) is 17.2. The Morgan fingerprint density at radius 3 is 1.75 bits per heavy atom. The number of amides is 2. The number of fused-ring (bicyclic) bond motifs is 1. The Kier molecular flexibility index (Phi) is 9.55. The van der Waals surface area contributed by atoms with E-state index < -0.39 is 11.2 Å². The van der Waals surface area contributed by atoms with E-state index in [1.54, 1.807) is 9.80 Å². The number of nitrogens with one attached hydrogen (secondary N) is 2. The van der Waals surface area contributed by atoms with Crippen LogP contribution in [0.15, 0.2) is 66.9 Å². The van der Waals surface area contributed by atoms with Gasteiger partial charge in [-0.2, -0.15) is 0 Å². The number of hydrogen-bond donors (Lipinski definition) is 2. The number of nitrogens with zero attached hydrogens (tertiary/aromatic N) is 4. The lowest BCUT2D eigenvalue weighted by molar-refractivity contribution is 0.0204. The molecule has 3 aromatic carbocycles. The summed E-state index contributed by atoms with van der Waals surface area (Å²) in [6.07, 6.45) is 2.81. The molecule has 2 fully saturated rings. The molecule has 11 heteroatoms. The van der Waals surface area contributed by atoms with Gasteiger partial charge in [0.25, 0.3) is 0 Å². The summed E-state index contributed by atoms with van der Waals surface area (Å²) in [5.41, 5.74) is 4.55. The van der Waals surface area contributed by atoms with Gasteiger partial charge < -0.3 is 19.4 Å². The number of carbonyl (C=O) groups excluding carboxylic acids is 2. The van der Waals surface area contributed by atoms with Crippen molar-refractivity contribution in [1.82, 2.24) is 29.7 Å². The van der Waals surface area contributed by atoms with E-state index >= 15 is 0 Å². The maximum Gasteiger partial charge on any atom is 0.410 e. The molecule has 2 aliphatic rings. The van der Waals surface area contributed by atoms with Gasteiger partial charge in [0, 0.05) is 18.7 Å². The Bertz CT molecular complexity index is 2140. The third kappa shape index (κ3) is 7.93. The molecule has 0 saturated carbocycles. The maximum absolute atomic E-state index is 13.0. The summed E-state index contributed by atoms with van der Waals surface area (Å²) in [7, 11) is 0. The van der Waals surface area contributed by atoms with Crippen molar-refractivity contribution >= 4 is 34.6 Å². The van der Waals surface area contributed by atoms with Gasteiger partial charge in [-0.25, -0.2) is 19.6 Å². The number of rotatable bonds is 5. The molecule has 5 aromatic rings. The van der Waals surface area contributed by atoms with Crippen LogP contribution in [0.5, 0.6) is 0 Å². The third-order valence-electron chi connectivity index (χ3n) is 9.82. The fourth-order valence-electron chi connectivity index (χ4n) is 7.44. The standard InChI is InChI=1S/C42H49ClN6O4/c1-24-17-33(48(22-24)39(50)52-41(3,4)5)37-44-21-32(45-37)27-11-9-26(10-12-27)28-13-14-30-20-31(16-15-29(30)19-28)35-36(43)47-38(46-35)34-18-25(2)23-49(34)40(51)53-42(6,7)8/h9-16,19-21,24-25,33-34H,17-18,22-23H2,1-8H3,(H,44,45)(H,46,47). The Hall–Kier alpha value is -4.83. The lowest BCUT2D eigenvalue weighted by atomic mass is 9.98. The largest absolute Gasteiger partial charge is 0.444 e. The highest BCUT2D eigenvalue weighted by Gasteiger charge is 2.40. The van der Waals surface area contributed by atoms with Gasteiger partial charge >= 0.3 is 12.2 Å². The molecule has 0 aliphatic carbocycles. The highest BCUT2D eigenvalue weighted by Crippen LogP contribution is 2.39. The fourth-order valence-corrected chi connectivity index (χ4v) is 7.69. The number of carbonyl (C=O) groups is 2. The minimum atomic E-state index is -0.581. The summed E-state index contributed by atoms with van der Waals surface area (Å²) in [6.45, 7) is 16.8. The van der Waals surface area contributed by atoms with Gasteiger partial charge in [-0.3, -0.25) is 9.80 Å². The molecule has 4 atom stereocenters. The van der Waals surface area contributed by atoms with E-state index in [9.17, 15) is 9.59 Å². The van der Waals surface area contributed by atoms with Crippen LogP contribution in [0.3, 0.4) is 0 Å². The van der Waals surface area contributed by atoms with Crippen LogP contribution in [0.2, 0.25) is 5.15 Å². The van der Waals surface area contributed by atoms with Gasteiger partial charge in [0.05, 0.1) is 24.0 Å². The van der Waals surface area contributed by atoms with E-state index in [2.05, 4.69) is 78.4 Å². The quantitative estimate of drug-likeness (QED) is 0.186. The number of aromatic nitrogens is 4. The van der Waals surface area contributed by atoms with Crippen molar-refractivity contribution in [2.45, 2.75) is 91.5 Å². The zero-order valence-electron chi connectivity index (χ0n) is 31.8. The van der Waals surface area contributed by atoms with E-state index in [1.807, 2.05) is 53.8 Å². The van der Waals surface area contributed by atoms with E-state index in [4.69, 9.17) is 31.0 Å². The molecule has 7 rings (SSSR count). The first-order valence-corrected chi connectivity index (χ1v) is 18.8. The Balaban J connectivity index is 1.06. The number of ether oxygens (including phenoxy) is 2. The first kappa shape index (κ1) is 36.5. The monoisotopic (exact) mass is 736 g/mol. The summed E-state index contributed by atoms with van der Waals surface area (Å²) >= 11 is 6.74. The maximum atomic E-state index is 13.0. The molecule has 53 heavy (non-hydrogen) atoms. The predicted octanol–water partition coefficient (Wildman–Crippen LogP) is 10.6. The van der Waals surface area contributed by atoms with Gasteiger partial charge in [0.15, 0.2) is 0 Å². The molecule has 2 saturated heterocycles. The first-order chi connectivity index (χ1) is 25.0. The number of benzene rings is 3. The second-order valence-electron chi connectivity index (χ2n) is 16.8. The van der Waals surface area contributed by atoms with Gasteiger partial charge in [0.2, 0.25) is 0 Å². The van der Waals surface area contributed by atoms with Crippen LogP contribution in [-0.2, 0) is 9.47 Å². The third-order valence-corrected chi connectivity index (χ3v) is 10.1. The highest BCUT2D eigenvalue weighted by molar-refractivity contribution is 6.32. The molecule has 2 N–H and O–H groups in total. The topological polar surface area (TPSA) is 116 Å². The zero-order chi connectivity index (χ0) is 37.8. The SMILES string of the molecule is CC1CC(c2ncc(-c3ccc(-c4ccc5cc(-c6nc(C7CC(C)CN7C(=O)OC(C)(C)C)[nH]c6Cl)ccc5c4)cc3)[nH]2)N(C(=O)OC(C)(C)C)C1. The summed E-state index contributed by atoms with van der Waals surface area (Å²) < 4.78 is 11.4. The Morgan fingerprint density at radius 1 is 0.698 bits per heavy atom. The highest BCUT2D eigenvalue weighted by atomic mass is 35.5. The summed E-state index contributed by atoms with van der Waals surface area (Å²) in [5.74, 6) is 2.11. The molecule has 0 bridgehead atoms. The van der Waals surface area contributed by atoms with Crippen molar-refractivity contribution in [3.8, 4) is 33.6 Å². The molecule has 0 spiro atoms. The molecule has 2 aromatic heterocycles. The van der Waals surface area contributed by atoms with E-state index in [1.165, 1.54) is 0 Å². The average Bonchev–Trinajstić information content (AvgIpc) is 3.88. The zero-order valence-corrected chi connectivity index (χ0v) is 32.5. The predicted molar refractivity (Wildman–Crippen MR) is 208 cm³/mol. The minimum Gasteiger partial charge on any atom is -0.444 e. The van der Waals surface area contributed by atoms with Gasteiger partial charge in [-0.1, -0.05) is 74.0 Å². The van der Waals surface area contributed by atoms with Crippen molar-refractivity contribution in [2.24, 2.45) is 11.8 Å². The number of imidazole rings is 2. The van der Waals surface area contributed by atoms with E-state index in [-0.39, 0.29) is 24.3 Å². The van der Waals surface area contributed by atoms with Crippen molar-refractivity contribution in [2.75, 3.05) is 13.1 Å². The lowest BCUT2D eigenvalue weighted by Crippen LogP contribution is -2.37. The van der Waals surface area contributed by atoms with Crippen LogP contribution in [0.25, 0.3) is 44.4 Å². The summed E-state index contributed by atoms with van der Waals surface area (Å²) in [5, 5.41) is 2.61. The van der Waals surface area contributed by atoms with Gasteiger partial charge in [-0.05, 0) is 106 Å². The molecular formula is C42H49ClN6O4. The van der Waals surface area contributed by atoms with Crippen LogP contribution >= 0.6 is 11.6 Å². The second kappa shape index (κ2) is 13.9. The number of hydrogen-bond acceptors (Lipinski definition) is 6. The molecule has 0 radical (unpaired) electrons. The van der Waals surface area contributed by atoms with Crippen LogP contribution in [0.4, 0.5) is 9.59 Å². The number of aromatic amines is 2. The van der Waals surface area contributed by atoms with Gasteiger partial charge in [-0.15, -0.1) is 0 Å². The van der Waals surface area contributed by atoms with Crippen LogP contribution in [-0.4, -0.2) is 66.2 Å². The van der Waals surface area contributed by atoms with Crippen molar-refractivity contribution in [1.29, 1.82) is 0 Å². The number of halogens is 1. The van der Waals surface area contributed by atoms with Crippen molar-refractivity contribution < 1.29 is 19.1 Å². The smallest absolute Gasteiger partial charge is 0.410 e. The number of H-pyrrole nitrogens is 2. The molecule has 2 aliphatic heterocycles. The van der Waals surface area contributed by atoms with E-state index in [0.717, 1.165) is 57.4 Å². The van der Waals surface area contributed by atoms with Gasteiger partial charge in [0.1, 0.15) is 33.7 Å². The Morgan fingerprint density at radius 2 is 1.19 bits per heavy atom. The van der Waals surface area contributed by atoms with E-state index in [0.29, 0.717) is 41.6 Å². The van der Waals surface area contributed by atoms with Crippen molar-refractivity contribution in [3.05, 3.63) is 83.7 Å². The summed E-state index contributed by atoms with van der Waals surface area (Å²) in [6, 6.07) is 20.7. The van der Waals surface area contributed by atoms with Crippen LogP contribution in [0.1, 0.15) is 92.0 Å². The van der Waals surface area contributed by atoms with Crippen molar-refractivity contribution in [3.63, 3.8) is 0 Å². The number of likely N-dealkylation sites (tertiary alicyclic amines) is 2. The fraction of sp³-hybridized carbons (Fsp3) is 0.429. The Labute approximate surface area is 316 Å². The minimum absolute atomic E-state index is 0.150. The molecule has 4 heterocycles. The molecule has 278 valence electrons.